The van der Waals surface area contributed by atoms with E-state index in [1.165, 1.54) is 0 Å². The fraction of sp³-hybridized carbons (Fsp3) is 0.640. The van der Waals surface area contributed by atoms with Crippen LogP contribution in [0.5, 0.6) is 0 Å². The van der Waals surface area contributed by atoms with Gasteiger partial charge in [-0.05, 0) is 48.3 Å². The molecule has 1 unspecified atom stereocenters. The largest absolute Gasteiger partial charge is 0.458 e. The lowest BCUT2D eigenvalue weighted by molar-refractivity contribution is -0.260. The van der Waals surface area contributed by atoms with E-state index in [4.69, 9.17) is 34.7 Å². The van der Waals surface area contributed by atoms with E-state index < -0.39 is 72.9 Å². The Labute approximate surface area is 245 Å². The number of amides is 1. The van der Waals surface area contributed by atoms with Crippen molar-refractivity contribution in [3.63, 3.8) is 0 Å². The normalized spacial score (nSPS) is 28.8. The minimum atomic E-state index is -1.39. The third-order valence-electron chi connectivity index (χ3n) is 6.87. The van der Waals surface area contributed by atoms with E-state index in [2.05, 4.69) is 35.4 Å². The van der Waals surface area contributed by atoms with Gasteiger partial charge in [0.1, 0.15) is 18.8 Å². The highest BCUT2D eigenvalue weighted by Crippen LogP contribution is 2.35. The highest BCUT2D eigenvalue weighted by molar-refractivity contribution is 5.68. The first-order valence-corrected chi connectivity index (χ1v) is 13.4. The molecule has 230 valence electrons. The van der Waals surface area contributed by atoms with Gasteiger partial charge in [-0.15, -0.1) is 0 Å². The van der Waals surface area contributed by atoms with Gasteiger partial charge in [0.2, 0.25) is 0 Å². The molecule has 0 spiro atoms. The molecule has 1 saturated carbocycles. The molecular weight excluding hydrogens is 568 g/mol. The molecule has 43 heavy (non-hydrogen) atoms. The van der Waals surface area contributed by atoms with Crippen molar-refractivity contribution in [2.45, 2.75) is 102 Å². The van der Waals surface area contributed by atoms with Crippen LogP contribution in [0, 0.1) is 0 Å². The summed E-state index contributed by atoms with van der Waals surface area (Å²) in [7, 11) is 0. The van der Waals surface area contributed by atoms with E-state index in [0.717, 1.165) is 19.4 Å². The second-order valence-electron chi connectivity index (χ2n) is 9.92. The Morgan fingerprint density at radius 1 is 0.907 bits per heavy atom. The van der Waals surface area contributed by atoms with Crippen molar-refractivity contribution < 1.29 is 38.1 Å². The van der Waals surface area contributed by atoms with Crippen LogP contribution in [0.1, 0.15) is 45.6 Å². The summed E-state index contributed by atoms with van der Waals surface area (Å²) in [6, 6.07) is 5.56. The summed E-state index contributed by atoms with van der Waals surface area (Å²) < 4.78 is 28.4. The number of azide groups is 3. The lowest BCUT2D eigenvalue weighted by atomic mass is 9.84. The van der Waals surface area contributed by atoms with Gasteiger partial charge in [-0.3, -0.25) is 9.59 Å². The quantitative estimate of drug-likeness (QED) is 0.124. The van der Waals surface area contributed by atoms with Crippen molar-refractivity contribution in [2.75, 3.05) is 0 Å². The molecule has 0 bridgehead atoms. The van der Waals surface area contributed by atoms with Gasteiger partial charge >= 0.3 is 18.0 Å². The van der Waals surface area contributed by atoms with Gasteiger partial charge < -0.3 is 29.0 Å². The molecule has 1 aliphatic carbocycles. The summed E-state index contributed by atoms with van der Waals surface area (Å²) in [4.78, 5) is 45.0. The van der Waals surface area contributed by atoms with E-state index in [0.29, 0.717) is 6.42 Å². The van der Waals surface area contributed by atoms with E-state index in [9.17, 15) is 19.9 Å². The first-order valence-electron chi connectivity index (χ1n) is 13.4. The first-order chi connectivity index (χ1) is 20.7. The zero-order valence-electron chi connectivity index (χ0n) is 23.7. The Morgan fingerprint density at radius 3 is 2.09 bits per heavy atom. The zero-order chi connectivity index (χ0) is 31.4. The topological polar surface area (TPSA) is 256 Å². The molecule has 3 rings (SSSR count). The number of benzene rings is 1. The van der Waals surface area contributed by atoms with Crippen molar-refractivity contribution in [3.8, 4) is 0 Å². The Bertz CT molecular complexity index is 1280. The summed E-state index contributed by atoms with van der Waals surface area (Å²) >= 11 is 0. The average Bonchev–Trinajstić information content (AvgIpc) is 2.96. The Kier molecular flexibility index (Phi) is 12.2. The third-order valence-corrected chi connectivity index (χ3v) is 6.87. The minimum Gasteiger partial charge on any atom is -0.458 e. The maximum absolute atomic E-state index is 12.4. The van der Waals surface area contributed by atoms with Crippen LogP contribution in [0.15, 0.2) is 45.7 Å². The van der Waals surface area contributed by atoms with Gasteiger partial charge in [-0.1, -0.05) is 45.7 Å². The highest BCUT2D eigenvalue weighted by atomic mass is 16.7. The maximum Gasteiger partial charge on any atom is 0.407 e. The van der Waals surface area contributed by atoms with E-state index in [1.807, 2.05) is 30.3 Å². The fourth-order valence-electron chi connectivity index (χ4n) is 5.00. The zero-order valence-corrected chi connectivity index (χ0v) is 23.7. The van der Waals surface area contributed by atoms with Crippen molar-refractivity contribution in [1.29, 1.82) is 0 Å². The van der Waals surface area contributed by atoms with Crippen LogP contribution in [0.2, 0.25) is 0 Å². The molecule has 2 fully saturated rings. The predicted molar refractivity (Wildman–Crippen MR) is 147 cm³/mol. The number of hydrogen-bond acceptors (Lipinski definition) is 11. The van der Waals surface area contributed by atoms with Crippen LogP contribution in [-0.4, -0.2) is 72.9 Å². The smallest absolute Gasteiger partial charge is 0.407 e. The number of nitrogens with zero attached hydrogens (tertiary/aromatic N) is 9. The van der Waals surface area contributed by atoms with Crippen LogP contribution in [0.25, 0.3) is 31.3 Å². The van der Waals surface area contributed by atoms with Gasteiger partial charge in [-0.2, -0.15) is 0 Å². The van der Waals surface area contributed by atoms with E-state index in [-0.39, 0.29) is 19.4 Å². The molecule has 0 radical (unpaired) electrons. The molecule has 2 aliphatic rings. The number of ether oxygens (including phenoxy) is 5. The second kappa shape index (κ2) is 16.1. The highest BCUT2D eigenvalue weighted by Gasteiger charge is 2.51. The average molecular weight is 601 g/mol. The number of alkyl carbamates (subject to hydrolysis) is 1. The van der Waals surface area contributed by atoms with E-state index in [1.54, 1.807) is 6.92 Å². The minimum absolute atomic E-state index is 0.0654. The standard InChI is InChI=1S/C25H32N10O8/c1-13(29-25(38)39-12-16-7-5-4-6-8-16)20-10-9-17(30-33-26)24(42-20)43-22-19(32-35-28)11-18(31-34-27)21(40-14(2)36)23(22)41-15(3)37/h4-8,13,17-24H,9-12H2,1-3H3,(H,29,38)/t13?,17-,18-,19+,20+,21+,22-,23-,24-/m1/s1. The molecule has 1 N–H and O–H groups in total. The summed E-state index contributed by atoms with van der Waals surface area (Å²) in [5.74, 6) is -1.53. The van der Waals surface area contributed by atoms with Gasteiger partial charge in [0.25, 0.3) is 0 Å². The Hall–Kier alpha value is -4.72. The van der Waals surface area contributed by atoms with Gasteiger partial charge in [0.15, 0.2) is 12.4 Å². The van der Waals surface area contributed by atoms with E-state index >= 15 is 0 Å². The number of rotatable bonds is 11. The van der Waals surface area contributed by atoms with Crippen molar-refractivity contribution in [1.82, 2.24) is 5.32 Å². The predicted octanol–water partition coefficient (Wildman–Crippen LogP) is 4.50. The van der Waals surface area contributed by atoms with Gasteiger partial charge in [-0.25, -0.2) is 4.79 Å². The lowest BCUT2D eigenvalue weighted by Crippen LogP contribution is -2.60. The Morgan fingerprint density at radius 2 is 1.49 bits per heavy atom. The molecular formula is C25H32N10O8. The van der Waals surface area contributed by atoms with Crippen LogP contribution < -0.4 is 5.32 Å². The number of esters is 2. The molecule has 18 nitrogen and oxygen atoms in total. The lowest BCUT2D eigenvalue weighted by Gasteiger charge is -2.45. The van der Waals surface area contributed by atoms with Gasteiger partial charge in [0, 0.05) is 28.6 Å². The van der Waals surface area contributed by atoms with Crippen LogP contribution >= 0.6 is 0 Å². The first kappa shape index (κ1) is 32.8. The second-order valence-corrected chi connectivity index (χ2v) is 9.92. The number of carbonyl (C=O) groups excluding carboxylic acids is 3. The van der Waals surface area contributed by atoms with Crippen LogP contribution in [0.3, 0.4) is 0 Å². The molecule has 0 aromatic heterocycles. The molecule has 9 atom stereocenters. The molecule has 1 heterocycles. The van der Waals surface area contributed by atoms with Crippen molar-refractivity contribution in [3.05, 3.63) is 67.2 Å². The van der Waals surface area contributed by atoms with Crippen LogP contribution in [0.4, 0.5) is 4.79 Å². The fourth-order valence-corrected chi connectivity index (χ4v) is 5.00. The summed E-state index contributed by atoms with van der Waals surface area (Å²) in [5.41, 5.74) is 28.3. The van der Waals surface area contributed by atoms with Gasteiger partial charge in [0.05, 0.1) is 30.3 Å². The molecule has 1 aliphatic heterocycles. The molecule has 1 aromatic rings. The number of carbonyl (C=O) groups is 3. The molecule has 1 aromatic carbocycles. The summed E-state index contributed by atoms with van der Waals surface area (Å²) in [6.45, 7) is 4.00. The number of nitrogens with one attached hydrogen (secondary N) is 1. The molecule has 1 amide bonds. The Balaban J connectivity index is 1.82. The molecule has 18 heteroatoms. The summed E-state index contributed by atoms with van der Waals surface area (Å²) in [5, 5.41) is 13.9. The van der Waals surface area contributed by atoms with Crippen molar-refractivity contribution in [2.24, 2.45) is 15.3 Å². The third kappa shape index (κ3) is 9.39. The monoisotopic (exact) mass is 600 g/mol. The van der Waals surface area contributed by atoms with Crippen LogP contribution in [-0.2, 0) is 39.9 Å². The SMILES string of the molecule is CC(=O)O[C@@H]1[C@@H](OC(C)=O)[C@H](N=[N+]=[N-])C[C@H](N=[N+]=[N-])[C@H]1O[C@H]1O[C@H](C(C)NC(=O)OCc2ccccc2)CC[C@H]1N=[N+]=[N-]. The maximum atomic E-state index is 12.4. The summed E-state index contributed by atoms with van der Waals surface area (Å²) in [6.07, 6.45) is -5.97. The number of hydrogen-bond donors (Lipinski definition) is 1. The van der Waals surface area contributed by atoms with Crippen molar-refractivity contribution >= 4 is 18.0 Å². The molecule has 1 saturated heterocycles.